The summed E-state index contributed by atoms with van der Waals surface area (Å²) in [6, 6.07) is 20.0. The lowest BCUT2D eigenvalue weighted by molar-refractivity contribution is -0.112. The number of para-hydroxylation sites is 1. The summed E-state index contributed by atoms with van der Waals surface area (Å²) in [6.07, 6.45) is 1.78. The fourth-order valence-electron chi connectivity index (χ4n) is 3.63. The molecule has 3 aromatic rings. The lowest BCUT2D eigenvalue weighted by Crippen LogP contribution is -2.42. The highest BCUT2D eigenvalue weighted by Gasteiger charge is 2.36. The van der Waals surface area contributed by atoms with Gasteiger partial charge in [-0.25, -0.2) is 4.90 Å². The number of benzene rings is 3. The molecule has 150 valence electrons. The summed E-state index contributed by atoms with van der Waals surface area (Å²) in [6.45, 7) is 1.88. The van der Waals surface area contributed by atoms with E-state index in [2.05, 4.69) is 0 Å². The number of carbonyl (C=O) groups is 2. The third-order valence-electron chi connectivity index (χ3n) is 5.16. The van der Waals surface area contributed by atoms with Crippen LogP contribution in [0.5, 0.6) is 11.5 Å². The van der Waals surface area contributed by atoms with Crippen LogP contribution in [0.3, 0.4) is 0 Å². The van der Waals surface area contributed by atoms with Gasteiger partial charge in [-0.2, -0.15) is 0 Å². The number of anilines is 1. The minimum absolute atomic E-state index is 0.325. The van der Waals surface area contributed by atoms with Crippen LogP contribution in [0.1, 0.15) is 27.0 Å². The van der Waals surface area contributed by atoms with Crippen LogP contribution in [0, 0.1) is 6.92 Å². The molecule has 1 aliphatic heterocycles. The predicted molar refractivity (Wildman–Crippen MR) is 117 cm³/mol. The topological polar surface area (TPSA) is 55.8 Å². The zero-order valence-corrected chi connectivity index (χ0v) is 17.0. The maximum absolute atomic E-state index is 13.5. The third kappa shape index (κ3) is 3.24. The molecule has 3 aromatic carbocycles. The van der Waals surface area contributed by atoms with Gasteiger partial charge in [0.1, 0.15) is 0 Å². The average molecular weight is 399 g/mol. The van der Waals surface area contributed by atoms with Crippen molar-refractivity contribution in [1.82, 2.24) is 0 Å². The van der Waals surface area contributed by atoms with E-state index in [0.29, 0.717) is 33.9 Å². The van der Waals surface area contributed by atoms with Gasteiger partial charge in [-0.15, -0.1) is 0 Å². The molecule has 0 unspecified atom stereocenters. The lowest BCUT2D eigenvalue weighted by atomic mass is 9.91. The number of amides is 2. The minimum Gasteiger partial charge on any atom is -0.493 e. The van der Waals surface area contributed by atoms with Gasteiger partial charge < -0.3 is 9.47 Å². The van der Waals surface area contributed by atoms with Crippen molar-refractivity contribution >= 4 is 29.2 Å². The maximum Gasteiger partial charge on any atom is 0.265 e. The van der Waals surface area contributed by atoms with Gasteiger partial charge in [0.25, 0.3) is 11.8 Å². The molecule has 0 saturated heterocycles. The van der Waals surface area contributed by atoms with Gasteiger partial charge in [-0.1, -0.05) is 42.5 Å². The Morgan fingerprint density at radius 1 is 0.767 bits per heavy atom. The predicted octanol–water partition coefficient (Wildman–Crippen LogP) is 4.74. The summed E-state index contributed by atoms with van der Waals surface area (Å²) in [4.78, 5) is 28.0. The van der Waals surface area contributed by atoms with E-state index in [0.717, 1.165) is 11.1 Å². The van der Waals surface area contributed by atoms with Gasteiger partial charge in [-0.3, -0.25) is 9.59 Å². The van der Waals surface area contributed by atoms with E-state index in [1.54, 1.807) is 56.7 Å². The van der Waals surface area contributed by atoms with Crippen molar-refractivity contribution in [3.05, 3.63) is 89.0 Å². The molecule has 0 saturated carbocycles. The number of ether oxygens (including phenoxy) is 2. The molecule has 0 N–H and O–H groups in total. The Hall–Kier alpha value is -3.86. The van der Waals surface area contributed by atoms with Crippen LogP contribution in [-0.4, -0.2) is 26.0 Å². The Kier molecular flexibility index (Phi) is 5.11. The third-order valence-corrected chi connectivity index (χ3v) is 5.16. The summed E-state index contributed by atoms with van der Waals surface area (Å²) >= 11 is 0. The van der Waals surface area contributed by atoms with Crippen LogP contribution in [0.25, 0.3) is 11.6 Å². The Morgan fingerprint density at radius 3 is 2.13 bits per heavy atom. The maximum atomic E-state index is 13.5. The first-order chi connectivity index (χ1) is 14.5. The molecule has 2 amide bonds. The first-order valence-corrected chi connectivity index (χ1v) is 9.52. The molecule has 4 rings (SSSR count). The van der Waals surface area contributed by atoms with Gasteiger partial charge >= 0.3 is 0 Å². The standard InChI is InChI=1S/C25H21NO4/c1-16-8-4-7-11-21(16)26-24(27)19-10-6-5-9-18(19)20(25(26)28)14-17-12-13-22(29-2)23(15-17)30-3/h4-15H,1-3H3. The van der Waals surface area contributed by atoms with Crippen molar-refractivity contribution in [3.63, 3.8) is 0 Å². The molecule has 0 spiro atoms. The van der Waals surface area contributed by atoms with E-state index in [4.69, 9.17) is 9.47 Å². The number of methoxy groups -OCH3 is 2. The number of carbonyl (C=O) groups excluding carboxylic acids is 2. The van der Waals surface area contributed by atoms with Crippen LogP contribution in [0.2, 0.25) is 0 Å². The van der Waals surface area contributed by atoms with E-state index in [1.165, 1.54) is 4.90 Å². The molecule has 30 heavy (non-hydrogen) atoms. The number of hydrogen-bond acceptors (Lipinski definition) is 4. The zero-order chi connectivity index (χ0) is 21.3. The molecule has 5 nitrogen and oxygen atoms in total. The van der Waals surface area contributed by atoms with Gasteiger partial charge in [-0.05, 0) is 54.0 Å². The normalized spacial score (nSPS) is 14.6. The van der Waals surface area contributed by atoms with Crippen molar-refractivity contribution in [2.45, 2.75) is 6.92 Å². The molecule has 0 aliphatic carbocycles. The monoisotopic (exact) mass is 399 g/mol. The first kappa shape index (κ1) is 19.5. The lowest BCUT2D eigenvalue weighted by Gasteiger charge is -2.29. The smallest absolute Gasteiger partial charge is 0.265 e. The second-order valence-corrected chi connectivity index (χ2v) is 6.95. The van der Waals surface area contributed by atoms with Crippen molar-refractivity contribution < 1.29 is 19.1 Å². The van der Waals surface area contributed by atoms with Gasteiger partial charge in [0.05, 0.1) is 19.9 Å². The molecule has 1 heterocycles. The summed E-state index contributed by atoms with van der Waals surface area (Å²) < 4.78 is 10.7. The van der Waals surface area contributed by atoms with Crippen LogP contribution in [-0.2, 0) is 4.79 Å². The second kappa shape index (κ2) is 7.87. The highest BCUT2D eigenvalue weighted by atomic mass is 16.5. The molecule has 0 atom stereocenters. The van der Waals surface area contributed by atoms with E-state index in [1.807, 2.05) is 37.3 Å². The summed E-state index contributed by atoms with van der Waals surface area (Å²) in [5, 5.41) is 0. The van der Waals surface area contributed by atoms with Crippen LogP contribution >= 0.6 is 0 Å². The van der Waals surface area contributed by atoms with Crippen LogP contribution in [0.4, 0.5) is 5.69 Å². The Morgan fingerprint density at radius 2 is 1.43 bits per heavy atom. The van der Waals surface area contributed by atoms with Gasteiger partial charge in [0.2, 0.25) is 0 Å². The minimum atomic E-state index is -0.359. The van der Waals surface area contributed by atoms with E-state index in [9.17, 15) is 9.59 Å². The molecule has 1 aliphatic rings. The number of aryl methyl sites for hydroxylation is 1. The molecule has 0 fully saturated rings. The second-order valence-electron chi connectivity index (χ2n) is 6.95. The van der Waals surface area contributed by atoms with Crippen molar-refractivity contribution in [3.8, 4) is 11.5 Å². The quantitative estimate of drug-likeness (QED) is 0.470. The number of nitrogens with zero attached hydrogens (tertiary/aromatic N) is 1. The zero-order valence-electron chi connectivity index (χ0n) is 17.0. The molecule has 0 radical (unpaired) electrons. The molecular formula is C25H21NO4. The fourth-order valence-corrected chi connectivity index (χ4v) is 3.63. The SMILES string of the molecule is COc1ccc(C=C2C(=O)N(c3ccccc3C)C(=O)c3ccccc32)cc1OC. The van der Waals surface area contributed by atoms with Gasteiger partial charge in [0.15, 0.2) is 11.5 Å². The van der Waals surface area contributed by atoms with Crippen LogP contribution in [0.15, 0.2) is 66.7 Å². The van der Waals surface area contributed by atoms with Gasteiger partial charge in [0, 0.05) is 11.1 Å². The van der Waals surface area contributed by atoms with Crippen molar-refractivity contribution in [2.24, 2.45) is 0 Å². The molecule has 0 aromatic heterocycles. The number of fused-ring (bicyclic) bond motifs is 1. The Labute approximate surface area is 175 Å². The average Bonchev–Trinajstić information content (AvgIpc) is 2.77. The number of hydrogen-bond donors (Lipinski definition) is 0. The van der Waals surface area contributed by atoms with Crippen LogP contribution < -0.4 is 14.4 Å². The van der Waals surface area contributed by atoms with E-state index >= 15 is 0 Å². The molecule has 0 bridgehead atoms. The largest absolute Gasteiger partial charge is 0.493 e. The summed E-state index contributed by atoms with van der Waals surface area (Å²) in [7, 11) is 3.14. The van der Waals surface area contributed by atoms with E-state index in [-0.39, 0.29) is 11.8 Å². The number of imide groups is 1. The van der Waals surface area contributed by atoms with E-state index < -0.39 is 0 Å². The first-order valence-electron chi connectivity index (χ1n) is 9.52. The molecular weight excluding hydrogens is 378 g/mol. The highest BCUT2D eigenvalue weighted by Crippen LogP contribution is 2.35. The van der Waals surface area contributed by atoms with Crippen molar-refractivity contribution in [2.75, 3.05) is 19.1 Å². The van der Waals surface area contributed by atoms with Crippen molar-refractivity contribution in [1.29, 1.82) is 0 Å². The highest BCUT2D eigenvalue weighted by molar-refractivity contribution is 6.43. The fraction of sp³-hybridized carbons (Fsp3) is 0.120. The Balaban J connectivity index is 1.90. The Bertz CT molecular complexity index is 1180. The number of rotatable bonds is 4. The summed E-state index contributed by atoms with van der Waals surface area (Å²) in [5.74, 6) is 0.485. The summed E-state index contributed by atoms with van der Waals surface area (Å²) in [5.41, 5.74) is 3.76. The molecule has 5 heteroatoms.